The van der Waals surface area contributed by atoms with E-state index in [4.69, 9.17) is 4.74 Å². The van der Waals surface area contributed by atoms with Crippen LogP contribution in [0.2, 0.25) is 0 Å². The fourth-order valence-electron chi connectivity index (χ4n) is 5.27. The van der Waals surface area contributed by atoms with Crippen LogP contribution in [-0.4, -0.2) is 71.3 Å². The molecule has 3 aliphatic heterocycles. The van der Waals surface area contributed by atoms with Crippen LogP contribution in [0.4, 0.5) is 16.2 Å². The predicted octanol–water partition coefficient (Wildman–Crippen LogP) is 4.51. The Balaban J connectivity index is 1.26. The number of carbonyl (C=O) groups is 2. The maximum atomic E-state index is 12.1. The molecule has 3 aliphatic rings. The van der Waals surface area contributed by atoms with Gasteiger partial charge in [-0.2, -0.15) is 0 Å². The number of likely N-dealkylation sites (tertiary alicyclic amines) is 1. The standard InChI is InChI=1S/C26H31N3O4S/c1-18(30)19-9-10-23-21(17-19)29(20-7-4-5-8-22(20)34-23)14-6-13-28-15-11-26(12-16-28)25(2,32)27(3)24(31)33-26/h4-5,7-10,17,32H,6,11-16H2,1-3H3. The van der Waals surface area contributed by atoms with Crippen molar-refractivity contribution in [2.45, 2.75) is 54.2 Å². The van der Waals surface area contributed by atoms with Crippen molar-refractivity contribution in [3.05, 3.63) is 48.0 Å². The average Bonchev–Trinajstić information content (AvgIpc) is 2.99. The Kier molecular flexibility index (Phi) is 5.86. The van der Waals surface area contributed by atoms with Gasteiger partial charge in [0.15, 0.2) is 17.1 Å². The number of anilines is 2. The molecular formula is C26H31N3O4S. The second-order valence-electron chi connectivity index (χ2n) is 9.60. The van der Waals surface area contributed by atoms with Gasteiger partial charge in [0.1, 0.15) is 0 Å². The van der Waals surface area contributed by atoms with Gasteiger partial charge in [-0.3, -0.25) is 9.69 Å². The summed E-state index contributed by atoms with van der Waals surface area (Å²) in [6, 6.07) is 14.4. The number of nitrogens with zero attached hydrogens (tertiary/aromatic N) is 3. The molecule has 1 unspecified atom stereocenters. The minimum atomic E-state index is -1.29. The number of piperidine rings is 1. The van der Waals surface area contributed by atoms with Gasteiger partial charge in [0.05, 0.1) is 11.4 Å². The van der Waals surface area contributed by atoms with Crippen molar-refractivity contribution in [1.82, 2.24) is 9.80 Å². The maximum absolute atomic E-state index is 12.1. The molecule has 0 bridgehead atoms. The Morgan fingerprint density at radius 1 is 1.09 bits per heavy atom. The third-order valence-electron chi connectivity index (χ3n) is 7.62. The first-order valence-corrected chi connectivity index (χ1v) is 12.6. The molecule has 1 N–H and O–H groups in total. The van der Waals surface area contributed by atoms with E-state index in [0.29, 0.717) is 12.8 Å². The molecule has 1 atom stereocenters. The number of hydrogen-bond donors (Lipinski definition) is 1. The van der Waals surface area contributed by atoms with Crippen LogP contribution in [0.25, 0.3) is 0 Å². The molecule has 2 fully saturated rings. The van der Waals surface area contributed by atoms with E-state index in [-0.39, 0.29) is 5.78 Å². The van der Waals surface area contributed by atoms with Gasteiger partial charge in [-0.15, -0.1) is 0 Å². The number of rotatable bonds is 5. The molecule has 2 aromatic rings. The average molecular weight is 482 g/mol. The van der Waals surface area contributed by atoms with Gasteiger partial charge in [0, 0.05) is 54.9 Å². The summed E-state index contributed by atoms with van der Waals surface area (Å²) >= 11 is 1.75. The van der Waals surface area contributed by atoms with Gasteiger partial charge in [-0.1, -0.05) is 30.0 Å². The zero-order valence-electron chi connectivity index (χ0n) is 19.9. The smallest absolute Gasteiger partial charge is 0.412 e. The third kappa shape index (κ3) is 3.78. The van der Waals surface area contributed by atoms with E-state index in [1.807, 2.05) is 12.1 Å². The summed E-state index contributed by atoms with van der Waals surface area (Å²) < 4.78 is 5.65. The number of para-hydroxylation sites is 1. The number of Topliss-reactive ketones (excluding diaryl/α,β-unsaturated/α-hetero) is 1. The molecule has 180 valence electrons. The van der Waals surface area contributed by atoms with Crippen LogP contribution in [-0.2, 0) is 4.74 Å². The second kappa shape index (κ2) is 8.59. The number of hydrogen-bond acceptors (Lipinski definition) is 7. The number of fused-ring (bicyclic) bond motifs is 2. The number of likely N-dealkylation sites (N-methyl/N-ethyl adjacent to an activating group) is 1. The summed E-state index contributed by atoms with van der Waals surface area (Å²) in [6.07, 6.45) is 1.73. The van der Waals surface area contributed by atoms with Crippen molar-refractivity contribution in [3.8, 4) is 0 Å². The SMILES string of the molecule is CC(=O)c1ccc2c(c1)N(CCCN1CCC3(CC1)OC(=O)N(C)C3(C)O)c1ccccc1S2. The summed E-state index contributed by atoms with van der Waals surface area (Å²) in [6.45, 7) is 6.57. The molecule has 0 aromatic heterocycles. The normalized spacial score (nSPS) is 23.6. The predicted molar refractivity (Wildman–Crippen MR) is 132 cm³/mol. The lowest BCUT2D eigenvalue weighted by molar-refractivity contribution is -0.160. The van der Waals surface area contributed by atoms with Crippen molar-refractivity contribution in [3.63, 3.8) is 0 Å². The molecule has 2 aromatic carbocycles. The molecule has 0 aliphatic carbocycles. The van der Waals surface area contributed by atoms with Crippen molar-refractivity contribution < 1.29 is 19.4 Å². The fourth-order valence-corrected chi connectivity index (χ4v) is 6.35. The lowest BCUT2D eigenvalue weighted by atomic mass is 9.82. The Morgan fingerprint density at radius 2 is 1.79 bits per heavy atom. The number of benzene rings is 2. The zero-order valence-corrected chi connectivity index (χ0v) is 20.7. The monoisotopic (exact) mass is 481 g/mol. The molecule has 1 amide bonds. The summed E-state index contributed by atoms with van der Waals surface area (Å²) in [7, 11) is 1.59. The van der Waals surface area contributed by atoms with E-state index in [1.54, 1.807) is 32.7 Å². The third-order valence-corrected chi connectivity index (χ3v) is 8.76. The van der Waals surface area contributed by atoms with Crippen LogP contribution >= 0.6 is 11.8 Å². The number of carbonyl (C=O) groups excluding carboxylic acids is 2. The van der Waals surface area contributed by atoms with Crippen LogP contribution in [0, 0.1) is 0 Å². The van der Waals surface area contributed by atoms with Gasteiger partial charge in [0.25, 0.3) is 0 Å². The summed E-state index contributed by atoms with van der Waals surface area (Å²) in [4.78, 5) is 32.5. The van der Waals surface area contributed by atoms with E-state index < -0.39 is 17.4 Å². The lowest BCUT2D eigenvalue weighted by Crippen LogP contribution is -2.59. The first-order valence-electron chi connectivity index (χ1n) is 11.8. The van der Waals surface area contributed by atoms with E-state index >= 15 is 0 Å². The molecule has 34 heavy (non-hydrogen) atoms. The van der Waals surface area contributed by atoms with Gasteiger partial charge < -0.3 is 19.6 Å². The van der Waals surface area contributed by atoms with Gasteiger partial charge in [-0.25, -0.2) is 4.79 Å². The van der Waals surface area contributed by atoms with Crippen molar-refractivity contribution >= 4 is 35.0 Å². The highest BCUT2D eigenvalue weighted by Gasteiger charge is 2.61. The lowest BCUT2D eigenvalue weighted by Gasteiger charge is -2.44. The quantitative estimate of drug-likeness (QED) is 0.630. The minimum Gasteiger partial charge on any atom is -0.437 e. The Hall–Kier alpha value is -2.55. The maximum Gasteiger partial charge on any atom is 0.412 e. The summed E-state index contributed by atoms with van der Waals surface area (Å²) in [5.74, 6) is 0.0722. The van der Waals surface area contributed by atoms with Crippen LogP contribution < -0.4 is 4.90 Å². The van der Waals surface area contributed by atoms with E-state index in [2.05, 4.69) is 40.1 Å². The zero-order chi connectivity index (χ0) is 24.1. The van der Waals surface area contributed by atoms with Crippen LogP contribution in [0.15, 0.2) is 52.3 Å². The number of ether oxygens (including phenoxy) is 1. The van der Waals surface area contributed by atoms with Gasteiger partial charge in [-0.05, 0) is 51.1 Å². The topological polar surface area (TPSA) is 73.3 Å². The molecule has 3 heterocycles. The minimum absolute atomic E-state index is 0.0722. The highest BCUT2D eigenvalue weighted by molar-refractivity contribution is 7.99. The molecule has 0 saturated carbocycles. The van der Waals surface area contributed by atoms with Crippen molar-refractivity contribution in [2.24, 2.45) is 0 Å². The van der Waals surface area contributed by atoms with Crippen molar-refractivity contribution in [2.75, 3.05) is 38.1 Å². The highest BCUT2D eigenvalue weighted by Crippen LogP contribution is 2.48. The molecular weight excluding hydrogens is 450 g/mol. The van der Waals surface area contributed by atoms with Gasteiger partial charge in [0.2, 0.25) is 0 Å². The molecule has 8 heteroatoms. The number of amides is 1. The molecule has 0 radical (unpaired) electrons. The summed E-state index contributed by atoms with van der Waals surface area (Å²) in [5.41, 5.74) is 0.874. The Labute approximate surface area is 204 Å². The van der Waals surface area contributed by atoms with E-state index in [0.717, 1.165) is 48.7 Å². The van der Waals surface area contributed by atoms with Crippen molar-refractivity contribution in [1.29, 1.82) is 0 Å². The molecule has 5 rings (SSSR count). The van der Waals surface area contributed by atoms with Crippen LogP contribution in [0.5, 0.6) is 0 Å². The molecule has 7 nitrogen and oxygen atoms in total. The van der Waals surface area contributed by atoms with Crippen LogP contribution in [0.3, 0.4) is 0 Å². The van der Waals surface area contributed by atoms with E-state index in [9.17, 15) is 14.7 Å². The van der Waals surface area contributed by atoms with Crippen LogP contribution in [0.1, 0.15) is 43.5 Å². The molecule has 1 spiro atoms. The highest BCUT2D eigenvalue weighted by atomic mass is 32.2. The first-order chi connectivity index (χ1) is 16.2. The fraction of sp³-hybridized carbons (Fsp3) is 0.462. The largest absolute Gasteiger partial charge is 0.437 e. The molecule has 2 saturated heterocycles. The van der Waals surface area contributed by atoms with Gasteiger partial charge >= 0.3 is 6.09 Å². The summed E-state index contributed by atoms with van der Waals surface area (Å²) in [5, 5.41) is 10.9. The Morgan fingerprint density at radius 3 is 2.47 bits per heavy atom. The number of aliphatic hydroxyl groups is 1. The first kappa shape index (κ1) is 23.2. The van der Waals surface area contributed by atoms with E-state index in [1.165, 1.54) is 15.5 Å². The number of ketones is 1. The Bertz CT molecular complexity index is 1130. The second-order valence-corrected chi connectivity index (χ2v) is 10.7.